The molecule has 4 unspecified atom stereocenters. The topological polar surface area (TPSA) is 66.4 Å². The second-order valence-electron chi connectivity index (χ2n) is 4.47. The van der Waals surface area contributed by atoms with Gasteiger partial charge in [-0.3, -0.25) is 9.59 Å². The fourth-order valence-electron chi connectivity index (χ4n) is 2.05. The van der Waals surface area contributed by atoms with E-state index in [0.717, 1.165) is 12.8 Å². The second kappa shape index (κ2) is 5.68. The average molecular weight is 245 g/mol. The molecular formula is C11H19NO3S. The Morgan fingerprint density at radius 1 is 1.62 bits per heavy atom. The lowest BCUT2D eigenvalue weighted by Crippen LogP contribution is -2.33. The van der Waals surface area contributed by atoms with E-state index in [-0.39, 0.29) is 17.7 Å². The summed E-state index contributed by atoms with van der Waals surface area (Å²) in [5, 5.41) is 12.8. The Morgan fingerprint density at radius 2 is 2.25 bits per heavy atom. The molecule has 0 bridgehead atoms. The highest BCUT2D eigenvalue weighted by molar-refractivity contribution is 7.80. The van der Waals surface area contributed by atoms with Crippen LogP contribution in [0.5, 0.6) is 0 Å². The Bertz CT molecular complexity index is 280. The number of hydrogen-bond acceptors (Lipinski definition) is 4. The normalized spacial score (nSPS) is 31.2. The summed E-state index contributed by atoms with van der Waals surface area (Å²) in [5.41, 5.74) is 0. The zero-order valence-corrected chi connectivity index (χ0v) is 10.5. The fourth-order valence-corrected chi connectivity index (χ4v) is 2.23. The number of nitrogens with one attached hydrogen (secondary N) is 1. The summed E-state index contributed by atoms with van der Waals surface area (Å²) in [5.74, 6) is -1.49. The zero-order valence-electron chi connectivity index (χ0n) is 9.64. The minimum absolute atomic E-state index is 0.268. The summed E-state index contributed by atoms with van der Waals surface area (Å²) >= 11 is 4.26. The highest BCUT2D eigenvalue weighted by atomic mass is 32.1. The van der Waals surface area contributed by atoms with Crippen LogP contribution in [-0.2, 0) is 9.59 Å². The van der Waals surface area contributed by atoms with Crippen LogP contribution in [0.25, 0.3) is 0 Å². The van der Waals surface area contributed by atoms with Crippen molar-refractivity contribution in [1.29, 1.82) is 0 Å². The number of thiol groups is 1. The summed E-state index contributed by atoms with van der Waals surface area (Å²) in [4.78, 5) is 22.6. The molecule has 0 aliphatic carbocycles. The van der Waals surface area contributed by atoms with Crippen molar-refractivity contribution in [3.63, 3.8) is 0 Å². The lowest BCUT2D eigenvalue weighted by molar-refractivity contribution is -0.132. The van der Waals surface area contributed by atoms with Crippen LogP contribution >= 0.6 is 12.6 Å². The maximum atomic E-state index is 11.4. The molecule has 92 valence electrons. The molecule has 1 amide bonds. The number of aliphatic hydroxyl groups excluding tert-OH is 1. The SMILES string of the molecule is CC(=O)C1C(=O)NC(CCCC(C)S)C1O. The van der Waals surface area contributed by atoms with Gasteiger partial charge >= 0.3 is 0 Å². The number of Topliss-reactive ketones (excluding diaryl/α,β-unsaturated/α-hetero) is 1. The molecule has 1 aliphatic heterocycles. The van der Waals surface area contributed by atoms with Crippen molar-refractivity contribution in [3.8, 4) is 0 Å². The maximum absolute atomic E-state index is 11.4. The quantitative estimate of drug-likeness (QED) is 0.489. The number of carbonyl (C=O) groups is 2. The van der Waals surface area contributed by atoms with Gasteiger partial charge in [0.2, 0.25) is 5.91 Å². The van der Waals surface area contributed by atoms with E-state index in [2.05, 4.69) is 17.9 Å². The Labute approximate surface area is 101 Å². The van der Waals surface area contributed by atoms with Crippen molar-refractivity contribution in [3.05, 3.63) is 0 Å². The smallest absolute Gasteiger partial charge is 0.233 e. The van der Waals surface area contributed by atoms with Gasteiger partial charge in [-0.05, 0) is 25.0 Å². The molecule has 0 spiro atoms. The maximum Gasteiger partial charge on any atom is 0.233 e. The largest absolute Gasteiger partial charge is 0.390 e. The van der Waals surface area contributed by atoms with E-state index in [4.69, 9.17) is 0 Å². The van der Waals surface area contributed by atoms with Gasteiger partial charge < -0.3 is 10.4 Å². The van der Waals surface area contributed by atoms with Crippen molar-refractivity contribution < 1.29 is 14.7 Å². The number of hydrogen-bond donors (Lipinski definition) is 3. The molecule has 4 atom stereocenters. The second-order valence-corrected chi connectivity index (χ2v) is 5.36. The van der Waals surface area contributed by atoms with Gasteiger partial charge in [0.05, 0.1) is 12.1 Å². The average Bonchev–Trinajstić information content (AvgIpc) is 2.41. The summed E-state index contributed by atoms with van der Waals surface area (Å²) in [6.07, 6.45) is 1.64. The van der Waals surface area contributed by atoms with Crippen LogP contribution in [0.3, 0.4) is 0 Å². The van der Waals surface area contributed by atoms with Gasteiger partial charge in [0.1, 0.15) is 11.7 Å². The van der Waals surface area contributed by atoms with E-state index < -0.39 is 12.0 Å². The molecule has 1 rings (SSSR count). The van der Waals surface area contributed by atoms with Gasteiger partial charge in [-0.1, -0.05) is 13.3 Å². The van der Waals surface area contributed by atoms with Crippen LogP contribution in [0.15, 0.2) is 0 Å². The van der Waals surface area contributed by atoms with E-state index in [0.29, 0.717) is 11.7 Å². The molecule has 1 fully saturated rings. The predicted octanol–water partition coefficient (Wildman–Crippen LogP) is 0.539. The summed E-state index contributed by atoms with van der Waals surface area (Å²) < 4.78 is 0. The van der Waals surface area contributed by atoms with Crippen LogP contribution in [0.2, 0.25) is 0 Å². The van der Waals surface area contributed by atoms with E-state index in [9.17, 15) is 14.7 Å². The Morgan fingerprint density at radius 3 is 2.69 bits per heavy atom. The Balaban J connectivity index is 2.46. The highest BCUT2D eigenvalue weighted by Gasteiger charge is 2.43. The molecule has 4 nitrogen and oxygen atoms in total. The molecule has 0 aromatic carbocycles. The van der Waals surface area contributed by atoms with Crippen LogP contribution in [-0.4, -0.2) is 34.2 Å². The Hall–Kier alpha value is -0.550. The summed E-state index contributed by atoms with van der Waals surface area (Å²) in [7, 11) is 0. The standard InChI is InChI=1S/C11H19NO3S/c1-6(16)4-3-5-8-10(14)9(7(2)13)11(15)12-8/h6,8-10,14,16H,3-5H2,1-2H3,(H,12,15). The van der Waals surface area contributed by atoms with Crippen LogP contribution in [0.1, 0.15) is 33.1 Å². The van der Waals surface area contributed by atoms with Gasteiger partial charge in [-0.25, -0.2) is 0 Å². The van der Waals surface area contributed by atoms with Crippen LogP contribution in [0.4, 0.5) is 0 Å². The van der Waals surface area contributed by atoms with Gasteiger partial charge in [0, 0.05) is 0 Å². The van der Waals surface area contributed by atoms with Crippen molar-refractivity contribution in [2.24, 2.45) is 5.92 Å². The van der Waals surface area contributed by atoms with E-state index >= 15 is 0 Å². The molecule has 0 radical (unpaired) electrons. The minimum atomic E-state index is -0.876. The van der Waals surface area contributed by atoms with E-state index in [1.807, 2.05) is 6.92 Å². The third-order valence-electron chi connectivity index (χ3n) is 2.94. The van der Waals surface area contributed by atoms with Gasteiger partial charge in [-0.15, -0.1) is 0 Å². The molecule has 1 aliphatic rings. The van der Waals surface area contributed by atoms with Crippen LogP contribution in [0, 0.1) is 5.92 Å². The molecule has 1 heterocycles. The van der Waals surface area contributed by atoms with E-state index in [1.54, 1.807) is 0 Å². The third-order valence-corrected chi connectivity index (χ3v) is 3.20. The monoisotopic (exact) mass is 245 g/mol. The molecule has 2 N–H and O–H groups in total. The number of aliphatic hydroxyl groups is 1. The van der Waals surface area contributed by atoms with Gasteiger partial charge in [0.25, 0.3) is 0 Å². The fraction of sp³-hybridized carbons (Fsp3) is 0.818. The third kappa shape index (κ3) is 3.22. The number of amides is 1. The van der Waals surface area contributed by atoms with Crippen molar-refractivity contribution in [2.75, 3.05) is 0 Å². The molecule has 1 saturated heterocycles. The zero-order chi connectivity index (χ0) is 12.3. The molecular weight excluding hydrogens is 226 g/mol. The number of ketones is 1. The van der Waals surface area contributed by atoms with Crippen molar-refractivity contribution in [1.82, 2.24) is 5.32 Å². The number of rotatable bonds is 5. The lowest BCUT2D eigenvalue weighted by atomic mass is 9.95. The van der Waals surface area contributed by atoms with Gasteiger partial charge in [-0.2, -0.15) is 12.6 Å². The first-order valence-corrected chi connectivity index (χ1v) is 6.12. The van der Waals surface area contributed by atoms with Crippen molar-refractivity contribution >= 4 is 24.3 Å². The highest BCUT2D eigenvalue weighted by Crippen LogP contribution is 2.21. The first kappa shape index (κ1) is 13.5. The first-order chi connectivity index (χ1) is 7.43. The van der Waals surface area contributed by atoms with Crippen LogP contribution < -0.4 is 5.32 Å². The molecule has 5 heteroatoms. The lowest BCUT2D eigenvalue weighted by Gasteiger charge is -2.16. The van der Waals surface area contributed by atoms with Crippen molar-refractivity contribution in [2.45, 2.75) is 50.5 Å². The molecule has 0 saturated carbocycles. The first-order valence-electron chi connectivity index (χ1n) is 5.60. The summed E-state index contributed by atoms with van der Waals surface area (Å²) in [6.45, 7) is 3.34. The molecule has 0 aromatic rings. The molecule has 16 heavy (non-hydrogen) atoms. The molecule has 0 aromatic heterocycles. The number of carbonyl (C=O) groups excluding carboxylic acids is 2. The van der Waals surface area contributed by atoms with E-state index in [1.165, 1.54) is 6.92 Å². The van der Waals surface area contributed by atoms with Gasteiger partial charge in [0.15, 0.2) is 0 Å². The summed E-state index contributed by atoms with van der Waals surface area (Å²) in [6, 6.07) is -0.284. The minimum Gasteiger partial charge on any atom is -0.390 e. The predicted molar refractivity (Wildman–Crippen MR) is 64.4 cm³/mol. The Kier molecular flexibility index (Phi) is 4.80.